The number of hydrogen-bond acceptors (Lipinski definition) is 5. The van der Waals surface area contributed by atoms with E-state index in [0.717, 1.165) is 12.1 Å². The van der Waals surface area contributed by atoms with Gasteiger partial charge in [-0.3, -0.25) is 4.68 Å². The van der Waals surface area contributed by atoms with Gasteiger partial charge in [0.1, 0.15) is 17.2 Å². The predicted molar refractivity (Wildman–Crippen MR) is 83.8 cm³/mol. The molecule has 3 aromatic rings. The normalized spacial score (nSPS) is 12.5. The molecule has 0 fully saturated rings. The number of anilines is 2. The third-order valence-corrected chi connectivity index (χ3v) is 3.45. The molecule has 114 valence electrons. The van der Waals surface area contributed by atoms with Crippen LogP contribution in [0.2, 0.25) is 0 Å². The van der Waals surface area contributed by atoms with Crippen LogP contribution in [-0.4, -0.2) is 19.7 Å². The van der Waals surface area contributed by atoms with Crippen molar-refractivity contribution in [1.29, 1.82) is 0 Å². The van der Waals surface area contributed by atoms with Crippen molar-refractivity contribution in [2.24, 2.45) is 0 Å². The zero-order valence-corrected chi connectivity index (χ0v) is 12.4. The lowest BCUT2D eigenvalue weighted by atomic mass is 10.1. The summed E-state index contributed by atoms with van der Waals surface area (Å²) in [5.41, 5.74) is 8.02. The SMILES string of the molecule is CCn1cc2ncc(NC(C)c3cc(N)ccc3F)nc2n1. The van der Waals surface area contributed by atoms with E-state index in [9.17, 15) is 4.39 Å². The van der Waals surface area contributed by atoms with Gasteiger partial charge in [-0.25, -0.2) is 14.4 Å². The van der Waals surface area contributed by atoms with E-state index >= 15 is 0 Å². The van der Waals surface area contributed by atoms with Crippen LogP contribution in [0.5, 0.6) is 0 Å². The molecule has 1 atom stereocenters. The molecule has 6 nitrogen and oxygen atoms in total. The van der Waals surface area contributed by atoms with Crippen molar-refractivity contribution in [2.45, 2.75) is 26.4 Å². The van der Waals surface area contributed by atoms with Gasteiger partial charge in [-0.15, -0.1) is 0 Å². The van der Waals surface area contributed by atoms with E-state index in [1.54, 1.807) is 16.9 Å². The smallest absolute Gasteiger partial charge is 0.201 e. The highest BCUT2D eigenvalue weighted by atomic mass is 19.1. The van der Waals surface area contributed by atoms with Crippen LogP contribution < -0.4 is 11.1 Å². The van der Waals surface area contributed by atoms with E-state index in [2.05, 4.69) is 20.4 Å². The fraction of sp³-hybridized carbons (Fsp3) is 0.267. The molecule has 0 aliphatic rings. The van der Waals surface area contributed by atoms with Crippen LogP contribution in [0.25, 0.3) is 11.2 Å². The van der Waals surface area contributed by atoms with Crippen molar-refractivity contribution >= 4 is 22.7 Å². The van der Waals surface area contributed by atoms with Gasteiger partial charge in [0.05, 0.1) is 18.4 Å². The summed E-state index contributed by atoms with van der Waals surface area (Å²) in [7, 11) is 0. The third-order valence-electron chi connectivity index (χ3n) is 3.45. The van der Waals surface area contributed by atoms with Crippen LogP contribution in [-0.2, 0) is 6.54 Å². The summed E-state index contributed by atoms with van der Waals surface area (Å²) in [5.74, 6) is 0.238. The van der Waals surface area contributed by atoms with Crippen LogP contribution in [0.3, 0.4) is 0 Å². The average molecular weight is 300 g/mol. The second kappa shape index (κ2) is 5.59. The Bertz CT molecular complexity index is 813. The number of benzene rings is 1. The first-order valence-corrected chi connectivity index (χ1v) is 7.08. The summed E-state index contributed by atoms with van der Waals surface area (Å²) in [6, 6.07) is 4.23. The molecule has 0 spiro atoms. The van der Waals surface area contributed by atoms with Crippen molar-refractivity contribution in [2.75, 3.05) is 11.1 Å². The number of nitrogens with one attached hydrogen (secondary N) is 1. The number of aryl methyl sites for hydroxylation is 1. The molecular formula is C15H17FN6. The maximum Gasteiger partial charge on any atom is 0.201 e. The minimum atomic E-state index is -0.307. The zero-order chi connectivity index (χ0) is 15.7. The zero-order valence-electron chi connectivity index (χ0n) is 12.4. The molecule has 2 aromatic heterocycles. The summed E-state index contributed by atoms with van der Waals surface area (Å²) in [6.45, 7) is 4.59. The summed E-state index contributed by atoms with van der Waals surface area (Å²) in [6.07, 6.45) is 3.46. The number of aromatic nitrogens is 4. The third kappa shape index (κ3) is 2.69. The van der Waals surface area contributed by atoms with Gasteiger partial charge in [0.15, 0.2) is 0 Å². The Balaban J connectivity index is 1.87. The molecule has 0 radical (unpaired) electrons. The van der Waals surface area contributed by atoms with Gasteiger partial charge in [-0.05, 0) is 32.0 Å². The second-order valence-corrected chi connectivity index (χ2v) is 5.10. The van der Waals surface area contributed by atoms with Gasteiger partial charge in [0.25, 0.3) is 0 Å². The van der Waals surface area contributed by atoms with Crippen LogP contribution in [0, 0.1) is 5.82 Å². The Morgan fingerprint density at radius 2 is 2.23 bits per heavy atom. The molecule has 2 heterocycles. The van der Waals surface area contributed by atoms with Gasteiger partial charge < -0.3 is 11.1 Å². The molecule has 0 bridgehead atoms. The van der Waals surface area contributed by atoms with Gasteiger partial charge >= 0.3 is 0 Å². The van der Waals surface area contributed by atoms with Crippen LogP contribution in [0.4, 0.5) is 15.9 Å². The van der Waals surface area contributed by atoms with Crippen molar-refractivity contribution < 1.29 is 4.39 Å². The quantitative estimate of drug-likeness (QED) is 0.724. The van der Waals surface area contributed by atoms with E-state index in [-0.39, 0.29) is 11.9 Å². The fourth-order valence-corrected chi connectivity index (χ4v) is 2.27. The van der Waals surface area contributed by atoms with Gasteiger partial charge in [-0.2, -0.15) is 5.10 Å². The van der Waals surface area contributed by atoms with E-state index in [4.69, 9.17) is 5.73 Å². The van der Waals surface area contributed by atoms with Gasteiger partial charge in [0, 0.05) is 17.8 Å². The van der Waals surface area contributed by atoms with E-state index < -0.39 is 0 Å². The Morgan fingerprint density at radius 3 is 3.00 bits per heavy atom. The lowest BCUT2D eigenvalue weighted by Crippen LogP contribution is -2.10. The molecule has 3 rings (SSSR count). The fourth-order valence-electron chi connectivity index (χ4n) is 2.27. The first-order chi connectivity index (χ1) is 10.6. The molecule has 1 aromatic carbocycles. The highest BCUT2D eigenvalue weighted by molar-refractivity contribution is 5.70. The highest BCUT2D eigenvalue weighted by Crippen LogP contribution is 2.23. The number of halogens is 1. The average Bonchev–Trinajstić information content (AvgIpc) is 2.92. The molecule has 7 heteroatoms. The molecule has 0 aliphatic heterocycles. The number of fused-ring (bicyclic) bond motifs is 1. The molecular weight excluding hydrogens is 283 g/mol. The highest BCUT2D eigenvalue weighted by Gasteiger charge is 2.13. The van der Waals surface area contributed by atoms with Crippen molar-refractivity contribution in [3.63, 3.8) is 0 Å². The molecule has 0 saturated carbocycles. The number of nitrogens with two attached hydrogens (primary N) is 1. The number of nitrogens with zero attached hydrogens (tertiary/aromatic N) is 4. The van der Waals surface area contributed by atoms with Crippen molar-refractivity contribution in [3.05, 3.63) is 42.0 Å². The van der Waals surface area contributed by atoms with E-state index in [0.29, 0.717) is 22.7 Å². The van der Waals surface area contributed by atoms with Crippen LogP contribution >= 0.6 is 0 Å². The second-order valence-electron chi connectivity index (χ2n) is 5.10. The minimum absolute atomic E-state index is 0.288. The lowest BCUT2D eigenvalue weighted by Gasteiger charge is -2.15. The van der Waals surface area contributed by atoms with Crippen LogP contribution in [0.15, 0.2) is 30.6 Å². The number of rotatable bonds is 4. The first kappa shape index (κ1) is 14.2. The van der Waals surface area contributed by atoms with Crippen LogP contribution in [0.1, 0.15) is 25.5 Å². The minimum Gasteiger partial charge on any atom is -0.399 e. The Morgan fingerprint density at radius 1 is 1.41 bits per heavy atom. The molecule has 1 unspecified atom stereocenters. The lowest BCUT2D eigenvalue weighted by molar-refractivity contribution is 0.600. The predicted octanol–water partition coefficient (Wildman–Crippen LogP) is 2.74. The largest absolute Gasteiger partial charge is 0.399 e. The Kier molecular flexibility index (Phi) is 3.62. The maximum atomic E-state index is 13.9. The Hall–Kier alpha value is -2.70. The van der Waals surface area contributed by atoms with Crippen molar-refractivity contribution in [3.8, 4) is 0 Å². The van der Waals surface area contributed by atoms with Crippen molar-refractivity contribution in [1.82, 2.24) is 19.7 Å². The summed E-state index contributed by atoms with van der Waals surface area (Å²) in [5, 5.41) is 7.44. The number of hydrogen-bond donors (Lipinski definition) is 2. The molecule has 0 aliphatic carbocycles. The van der Waals surface area contributed by atoms with Gasteiger partial charge in [0.2, 0.25) is 5.65 Å². The molecule has 0 amide bonds. The van der Waals surface area contributed by atoms with E-state index in [1.165, 1.54) is 12.1 Å². The molecule has 3 N–H and O–H groups in total. The summed E-state index contributed by atoms with van der Waals surface area (Å²) in [4.78, 5) is 8.71. The van der Waals surface area contributed by atoms with Gasteiger partial charge in [-0.1, -0.05) is 0 Å². The standard InChI is InChI=1S/C15H17FN6/c1-3-22-8-13-15(21-22)20-14(7-18-13)19-9(2)11-6-10(17)4-5-12(11)16/h4-9H,3,17H2,1-2H3,(H,19,20,21). The monoisotopic (exact) mass is 300 g/mol. The molecule has 0 saturated heterocycles. The maximum absolute atomic E-state index is 13.9. The summed E-state index contributed by atoms with van der Waals surface area (Å²) >= 11 is 0. The topological polar surface area (TPSA) is 81.7 Å². The van der Waals surface area contributed by atoms with E-state index in [1.807, 2.05) is 20.0 Å². The number of nitrogen functional groups attached to an aromatic ring is 1. The first-order valence-electron chi connectivity index (χ1n) is 7.08. The Labute approximate surface area is 127 Å². The molecule has 22 heavy (non-hydrogen) atoms. The summed E-state index contributed by atoms with van der Waals surface area (Å²) < 4.78 is 15.7.